The highest BCUT2D eigenvalue weighted by Gasteiger charge is 2.20. The van der Waals surface area contributed by atoms with Gasteiger partial charge in [0.1, 0.15) is 16.3 Å². The second kappa shape index (κ2) is 5.71. The Morgan fingerprint density at radius 3 is 2.59 bits per heavy atom. The van der Waals surface area contributed by atoms with E-state index in [-0.39, 0.29) is 21.9 Å². The number of rotatable bonds is 4. The van der Waals surface area contributed by atoms with Crippen molar-refractivity contribution in [3.05, 3.63) is 58.1 Å². The molecule has 0 aliphatic rings. The van der Waals surface area contributed by atoms with Crippen LogP contribution in [0, 0.1) is 21.4 Å². The van der Waals surface area contributed by atoms with Crippen LogP contribution in [0.4, 0.5) is 11.4 Å². The molecular formula is C13H9N3O5S. The van der Waals surface area contributed by atoms with Gasteiger partial charge in [0.05, 0.1) is 22.6 Å². The molecule has 2 rings (SSSR count). The number of nitrogen functional groups attached to an aromatic ring is 1. The zero-order valence-electron chi connectivity index (χ0n) is 11.0. The minimum absolute atomic E-state index is 0.110. The van der Waals surface area contributed by atoms with Crippen LogP contribution in [0.3, 0.4) is 0 Å². The summed E-state index contributed by atoms with van der Waals surface area (Å²) in [7, 11) is -4.22. The van der Waals surface area contributed by atoms with Crippen LogP contribution >= 0.6 is 0 Å². The molecular weight excluding hydrogens is 310 g/mol. The fourth-order valence-electron chi connectivity index (χ4n) is 1.63. The van der Waals surface area contributed by atoms with Crippen LogP contribution in [0.2, 0.25) is 0 Å². The molecule has 22 heavy (non-hydrogen) atoms. The number of hydrogen-bond donors (Lipinski definition) is 1. The maximum absolute atomic E-state index is 12.1. The molecule has 0 saturated carbocycles. The second-order valence-electron chi connectivity index (χ2n) is 4.15. The van der Waals surface area contributed by atoms with Crippen molar-refractivity contribution in [2.45, 2.75) is 4.90 Å². The van der Waals surface area contributed by atoms with E-state index in [1.165, 1.54) is 30.3 Å². The first-order valence-electron chi connectivity index (χ1n) is 5.82. The molecule has 9 heteroatoms. The first-order chi connectivity index (χ1) is 10.3. The molecule has 0 bridgehead atoms. The van der Waals surface area contributed by atoms with Gasteiger partial charge in [0, 0.05) is 0 Å². The Hall–Kier alpha value is -3.12. The van der Waals surface area contributed by atoms with E-state index in [1.54, 1.807) is 0 Å². The molecule has 0 atom stereocenters. The minimum atomic E-state index is -4.22. The monoisotopic (exact) mass is 319 g/mol. The molecule has 0 heterocycles. The summed E-state index contributed by atoms with van der Waals surface area (Å²) in [5, 5.41) is 19.5. The average molecular weight is 319 g/mol. The van der Waals surface area contributed by atoms with E-state index in [0.717, 1.165) is 12.1 Å². The highest BCUT2D eigenvalue weighted by Crippen LogP contribution is 2.28. The predicted molar refractivity (Wildman–Crippen MR) is 76.5 cm³/mol. The first kappa shape index (κ1) is 15.3. The molecule has 0 unspecified atom stereocenters. The van der Waals surface area contributed by atoms with Crippen molar-refractivity contribution >= 4 is 21.5 Å². The number of benzene rings is 2. The van der Waals surface area contributed by atoms with E-state index >= 15 is 0 Å². The van der Waals surface area contributed by atoms with Gasteiger partial charge >= 0.3 is 10.1 Å². The lowest BCUT2D eigenvalue weighted by Gasteiger charge is -2.07. The van der Waals surface area contributed by atoms with Gasteiger partial charge in [0.15, 0.2) is 0 Å². The lowest BCUT2D eigenvalue weighted by Crippen LogP contribution is -2.10. The maximum atomic E-state index is 12.1. The Kier molecular flexibility index (Phi) is 3.96. The molecule has 0 fully saturated rings. The molecule has 2 N–H and O–H groups in total. The topological polar surface area (TPSA) is 136 Å². The Labute approximate surface area is 125 Å². The van der Waals surface area contributed by atoms with Gasteiger partial charge in [-0.3, -0.25) is 10.1 Å². The highest BCUT2D eigenvalue weighted by atomic mass is 32.2. The summed E-state index contributed by atoms with van der Waals surface area (Å²) < 4.78 is 29.0. The molecule has 0 spiro atoms. The van der Waals surface area contributed by atoms with E-state index in [1.807, 2.05) is 6.07 Å². The first-order valence-corrected chi connectivity index (χ1v) is 7.23. The fraction of sp³-hybridized carbons (Fsp3) is 0. The molecule has 0 aliphatic heterocycles. The Morgan fingerprint density at radius 2 is 1.95 bits per heavy atom. The van der Waals surface area contributed by atoms with Crippen LogP contribution < -0.4 is 9.92 Å². The third-order valence-electron chi connectivity index (χ3n) is 2.66. The fourth-order valence-corrected chi connectivity index (χ4v) is 2.60. The van der Waals surface area contributed by atoms with Crippen molar-refractivity contribution in [1.29, 1.82) is 5.26 Å². The van der Waals surface area contributed by atoms with Crippen LogP contribution in [-0.2, 0) is 10.1 Å². The highest BCUT2D eigenvalue weighted by molar-refractivity contribution is 7.87. The largest absolute Gasteiger partial charge is 0.393 e. The van der Waals surface area contributed by atoms with Crippen molar-refractivity contribution < 1.29 is 17.5 Å². The van der Waals surface area contributed by atoms with Crippen molar-refractivity contribution in [1.82, 2.24) is 0 Å². The predicted octanol–water partition coefficient (Wildman–Crippen LogP) is 1.82. The molecule has 0 aromatic heterocycles. The number of nitrogens with zero attached hydrogens (tertiary/aromatic N) is 2. The summed E-state index contributed by atoms with van der Waals surface area (Å²) in [5.74, 6) is -0.247. The number of nitro benzene ring substituents is 1. The number of anilines is 1. The summed E-state index contributed by atoms with van der Waals surface area (Å²) in [6.07, 6.45) is 0. The Balaban J connectivity index is 2.39. The van der Waals surface area contributed by atoms with E-state index in [4.69, 9.17) is 15.2 Å². The quantitative estimate of drug-likeness (QED) is 0.392. The molecule has 0 amide bonds. The summed E-state index contributed by atoms with van der Waals surface area (Å²) >= 11 is 0. The molecule has 0 aliphatic carbocycles. The van der Waals surface area contributed by atoms with Gasteiger partial charge in [0.25, 0.3) is 5.69 Å². The van der Waals surface area contributed by atoms with Gasteiger partial charge in [-0.15, -0.1) is 0 Å². The number of nitro groups is 1. The van der Waals surface area contributed by atoms with E-state index < -0.39 is 20.7 Å². The summed E-state index contributed by atoms with van der Waals surface area (Å²) in [6.45, 7) is 0. The van der Waals surface area contributed by atoms with E-state index in [0.29, 0.717) is 0 Å². The van der Waals surface area contributed by atoms with Gasteiger partial charge in [-0.2, -0.15) is 13.7 Å². The van der Waals surface area contributed by atoms with Crippen molar-refractivity contribution in [2.24, 2.45) is 0 Å². The zero-order valence-corrected chi connectivity index (χ0v) is 11.8. The number of nitriles is 1. The van der Waals surface area contributed by atoms with Crippen LogP contribution in [0.25, 0.3) is 0 Å². The van der Waals surface area contributed by atoms with Gasteiger partial charge in [-0.25, -0.2) is 0 Å². The third kappa shape index (κ3) is 3.13. The van der Waals surface area contributed by atoms with Crippen LogP contribution in [-0.4, -0.2) is 13.3 Å². The van der Waals surface area contributed by atoms with Crippen LogP contribution in [0.15, 0.2) is 47.4 Å². The van der Waals surface area contributed by atoms with Crippen molar-refractivity contribution in [2.75, 3.05) is 5.73 Å². The molecule has 2 aromatic carbocycles. The maximum Gasteiger partial charge on any atom is 0.339 e. The third-order valence-corrected chi connectivity index (χ3v) is 3.90. The number of nitrogens with two attached hydrogens (primary N) is 1. The normalized spacial score (nSPS) is 10.7. The molecule has 8 nitrogen and oxygen atoms in total. The van der Waals surface area contributed by atoms with Gasteiger partial charge in [-0.05, 0) is 30.3 Å². The average Bonchev–Trinajstić information content (AvgIpc) is 2.48. The van der Waals surface area contributed by atoms with Gasteiger partial charge in [0.2, 0.25) is 0 Å². The van der Waals surface area contributed by atoms with Crippen LogP contribution in [0.1, 0.15) is 5.56 Å². The van der Waals surface area contributed by atoms with E-state index in [2.05, 4.69) is 0 Å². The van der Waals surface area contributed by atoms with Gasteiger partial charge in [-0.1, -0.05) is 6.07 Å². The Bertz CT molecular complexity index is 887. The minimum Gasteiger partial charge on any atom is -0.393 e. The number of hydrogen-bond acceptors (Lipinski definition) is 7. The van der Waals surface area contributed by atoms with Crippen LogP contribution in [0.5, 0.6) is 5.75 Å². The molecule has 0 radical (unpaired) electrons. The molecule has 2 aromatic rings. The standard InChI is InChI=1S/C13H9N3O5S/c14-8-9-2-1-3-11(6-9)22(19,20)21-10-4-5-12(15)13(7-10)16(17)18/h1-7H,15H2. The van der Waals surface area contributed by atoms with Gasteiger partial charge < -0.3 is 9.92 Å². The second-order valence-corrected chi connectivity index (χ2v) is 5.70. The zero-order chi connectivity index (χ0) is 16.3. The summed E-state index contributed by atoms with van der Waals surface area (Å²) in [4.78, 5) is 9.80. The van der Waals surface area contributed by atoms with E-state index in [9.17, 15) is 18.5 Å². The van der Waals surface area contributed by atoms with Crippen molar-refractivity contribution in [3.63, 3.8) is 0 Å². The molecule has 112 valence electrons. The Morgan fingerprint density at radius 1 is 1.23 bits per heavy atom. The SMILES string of the molecule is N#Cc1cccc(S(=O)(=O)Oc2ccc(N)c([N+](=O)[O-])c2)c1. The summed E-state index contributed by atoms with van der Waals surface area (Å²) in [5.41, 5.74) is 5.00. The lowest BCUT2D eigenvalue weighted by molar-refractivity contribution is -0.383. The summed E-state index contributed by atoms with van der Waals surface area (Å²) in [6, 6.07) is 10.3. The molecule has 0 saturated heterocycles. The lowest BCUT2D eigenvalue weighted by atomic mass is 10.2. The van der Waals surface area contributed by atoms with Crippen molar-refractivity contribution in [3.8, 4) is 11.8 Å². The smallest absolute Gasteiger partial charge is 0.339 e.